The molecule has 4 heteroatoms. The van der Waals surface area contributed by atoms with Gasteiger partial charge >= 0.3 is 0 Å². The third-order valence-corrected chi connectivity index (χ3v) is 6.47. The van der Waals surface area contributed by atoms with E-state index in [2.05, 4.69) is 155 Å². The second kappa shape index (κ2) is 14.0. The molecule has 40 heavy (non-hydrogen) atoms. The van der Waals surface area contributed by atoms with E-state index < -0.39 is 0 Å². The molecule has 6 aromatic carbocycles. The van der Waals surface area contributed by atoms with Crippen molar-refractivity contribution < 1.29 is 40.8 Å². The van der Waals surface area contributed by atoms with Gasteiger partial charge in [-0.3, -0.25) is 0 Å². The molecule has 0 fully saturated rings. The van der Waals surface area contributed by atoms with Crippen LogP contribution in [0.15, 0.2) is 158 Å². The van der Waals surface area contributed by atoms with Crippen LogP contribution in [0.1, 0.15) is 0 Å². The van der Waals surface area contributed by atoms with Gasteiger partial charge in [-0.25, -0.2) is 0 Å². The van der Waals surface area contributed by atoms with Crippen molar-refractivity contribution in [3.63, 3.8) is 0 Å². The van der Waals surface area contributed by atoms with Crippen molar-refractivity contribution in [3.05, 3.63) is 170 Å². The molecule has 0 saturated carbocycles. The van der Waals surface area contributed by atoms with Crippen molar-refractivity contribution in [1.29, 1.82) is 0 Å². The van der Waals surface area contributed by atoms with Gasteiger partial charge in [-0.05, 0) is 48.5 Å². The van der Waals surface area contributed by atoms with Gasteiger partial charge in [0, 0.05) is 63.6 Å². The average molecular weight is 859 g/mol. The van der Waals surface area contributed by atoms with Crippen LogP contribution in [0.3, 0.4) is 0 Å². The molecule has 0 aliphatic rings. The average Bonchev–Trinajstić information content (AvgIpc) is 3.00. The monoisotopic (exact) mass is 860 g/mol. The number of benzene rings is 6. The maximum Gasteiger partial charge on any atom is 0.0438 e. The quantitative estimate of drug-likeness (QED) is 0.148. The minimum absolute atomic E-state index is 0. The fourth-order valence-corrected chi connectivity index (χ4v) is 4.63. The van der Waals surface area contributed by atoms with Gasteiger partial charge in [-0.1, -0.05) is 84.2 Å². The Hall–Kier alpha value is -3.76. The number of anilines is 6. The molecule has 0 heterocycles. The molecule has 0 bridgehead atoms. The zero-order chi connectivity index (χ0) is 25.6. The Morgan fingerprint density at radius 1 is 0.325 bits per heavy atom. The SMILES string of the molecule is [Re].[Re].[c-]1cc(-c2c[c-]c(N(c3ccccc3)c3ccccc3)cc2)ccc1N(c1ccccc1)c1ccccc1. The molecular formula is C36H26N2Re2-2. The molecule has 196 valence electrons. The molecule has 2 nitrogen and oxygen atoms in total. The van der Waals surface area contributed by atoms with Crippen molar-refractivity contribution >= 4 is 34.1 Å². The van der Waals surface area contributed by atoms with Crippen LogP contribution in [0, 0.1) is 12.1 Å². The van der Waals surface area contributed by atoms with E-state index in [1.165, 1.54) is 0 Å². The zero-order valence-corrected chi connectivity index (χ0v) is 27.1. The summed E-state index contributed by atoms with van der Waals surface area (Å²) in [7, 11) is 0. The second-order valence-electron chi connectivity index (χ2n) is 8.94. The van der Waals surface area contributed by atoms with Crippen LogP contribution >= 0.6 is 0 Å². The number of hydrogen-bond acceptors (Lipinski definition) is 2. The van der Waals surface area contributed by atoms with Crippen LogP contribution < -0.4 is 9.80 Å². The third kappa shape index (κ3) is 6.51. The third-order valence-electron chi connectivity index (χ3n) is 6.47. The van der Waals surface area contributed by atoms with Gasteiger partial charge in [0.1, 0.15) is 0 Å². The molecule has 0 aliphatic carbocycles. The topological polar surface area (TPSA) is 6.48 Å². The molecule has 0 atom stereocenters. The fraction of sp³-hybridized carbons (Fsp3) is 0. The van der Waals surface area contributed by atoms with Crippen LogP contribution in [0.4, 0.5) is 34.1 Å². The Morgan fingerprint density at radius 2 is 0.600 bits per heavy atom. The summed E-state index contributed by atoms with van der Waals surface area (Å²) < 4.78 is 0. The van der Waals surface area contributed by atoms with E-state index >= 15 is 0 Å². The van der Waals surface area contributed by atoms with Crippen molar-refractivity contribution in [2.45, 2.75) is 0 Å². The Morgan fingerprint density at radius 3 is 0.825 bits per heavy atom. The van der Waals surface area contributed by atoms with E-state index in [-0.39, 0.29) is 40.8 Å². The molecule has 0 aliphatic heterocycles. The van der Waals surface area contributed by atoms with Gasteiger partial charge in [0.2, 0.25) is 0 Å². The van der Waals surface area contributed by atoms with E-state index in [0.29, 0.717) is 0 Å². The maximum absolute atomic E-state index is 3.52. The van der Waals surface area contributed by atoms with Gasteiger partial charge in [-0.2, -0.15) is 47.5 Å². The normalized spacial score (nSPS) is 10.1. The van der Waals surface area contributed by atoms with Crippen molar-refractivity contribution in [2.24, 2.45) is 0 Å². The van der Waals surface area contributed by atoms with E-state index in [9.17, 15) is 0 Å². The first kappa shape index (κ1) is 29.2. The van der Waals surface area contributed by atoms with Crippen molar-refractivity contribution in [2.75, 3.05) is 9.80 Å². The molecule has 0 saturated heterocycles. The van der Waals surface area contributed by atoms with E-state index in [4.69, 9.17) is 0 Å². The summed E-state index contributed by atoms with van der Waals surface area (Å²) in [6, 6.07) is 61.3. The molecule has 2 radical (unpaired) electrons. The summed E-state index contributed by atoms with van der Waals surface area (Å²) in [6.45, 7) is 0. The Bertz CT molecular complexity index is 1370. The largest absolute Gasteiger partial charge is 0.334 e. The van der Waals surface area contributed by atoms with Gasteiger partial charge in [0.05, 0.1) is 0 Å². The Balaban J connectivity index is 0.00000185. The molecule has 0 spiro atoms. The van der Waals surface area contributed by atoms with Gasteiger partial charge < -0.3 is 9.80 Å². The second-order valence-corrected chi connectivity index (χ2v) is 8.94. The number of hydrogen-bond donors (Lipinski definition) is 0. The smallest absolute Gasteiger partial charge is 0.0438 e. The van der Waals surface area contributed by atoms with E-state index in [1.807, 2.05) is 24.3 Å². The summed E-state index contributed by atoms with van der Waals surface area (Å²) in [4.78, 5) is 4.44. The number of rotatable bonds is 7. The molecular weight excluding hydrogens is 833 g/mol. The zero-order valence-electron chi connectivity index (χ0n) is 21.7. The maximum atomic E-state index is 3.52. The summed E-state index contributed by atoms with van der Waals surface area (Å²) in [5.41, 5.74) is 8.58. The summed E-state index contributed by atoms with van der Waals surface area (Å²) in [5.74, 6) is 0. The van der Waals surface area contributed by atoms with Crippen molar-refractivity contribution in [1.82, 2.24) is 0 Å². The van der Waals surface area contributed by atoms with Crippen LogP contribution in [0.2, 0.25) is 0 Å². The van der Waals surface area contributed by atoms with Crippen LogP contribution in [0.5, 0.6) is 0 Å². The van der Waals surface area contributed by atoms with Gasteiger partial charge in [-0.15, -0.1) is 12.1 Å². The first-order valence-electron chi connectivity index (χ1n) is 12.7. The standard InChI is InChI=1S/C36H26N2.2Re/c1-5-13-31(14-6-1)37(32-15-7-2-8-16-32)35-25-21-29(22-26-35)30-23-27-36(28-24-30)38(33-17-9-3-10-18-33)34-19-11-4-12-20-34;;/h1-25,27H;;/q-2;;. The summed E-state index contributed by atoms with van der Waals surface area (Å²) in [5, 5.41) is 0. The van der Waals surface area contributed by atoms with Crippen LogP contribution in [0.25, 0.3) is 11.1 Å². The van der Waals surface area contributed by atoms with Crippen LogP contribution in [-0.2, 0) is 40.8 Å². The number of nitrogens with zero attached hydrogens (tertiary/aromatic N) is 2. The minimum atomic E-state index is 0. The number of para-hydroxylation sites is 4. The van der Waals surface area contributed by atoms with E-state index in [0.717, 1.165) is 45.3 Å². The fourth-order valence-electron chi connectivity index (χ4n) is 4.63. The predicted octanol–water partition coefficient (Wildman–Crippen LogP) is 9.89. The molecule has 6 aromatic rings. The van der Waals surface area contributed by atoms with Gasteiger partial charge in [0.15, 0.2) is 0 Å². The molecule has 0 unspecified atom stereocenters. The predicted molar refractivity (Wildman–Crippen MR) is 159 cm³/mol. The molecule has 0 N–H and O–H groups in total. The Kier molecular flexibility index (Phi) is 10.3. The minimum Gasteiger partial charge on any atom is -0.334 e. The summed E-state index contributed by atoms with van der Waals surface area (Å²) in [6.07, 6.45) is 0. The molecule has 0 amide bonds. The van der Waals surface area contributed by atoms with Gasteiger partial charge in [0.25, 0.3) is 0 Å². The first-order valence-corrected chi connectivity index (χ1v) is 12.7. The van der Waals surface area contributed by atoms with Crippen molar-refractivity contribution in [3.8, 4) is 11.1 Å². The molecule has 6 rings (SSSR count). The van der Waals surface area contributed by atoms with E-state index in [1.54, 1.807) is 0 Å². The Labute approximate surface area is 264 Å². The first-order chi connectivity index (χ1) is 18.9. The van der Waals surface area contributed by atoms with Crippen LogP contribution in [-0.4, -0.2) is 0 Å². The molecule has 0 aromatic heterocycles. The summed E-state index contributed by atoms with van der Waals surface area (Å²) >= 11 is 0.